The zero-order valence-electron chi connectivity index (χ0n) is 12.8. The minimum atomic E-state index is -0.391. The van der Waals surface area contributed by atoms with Crippen LogP contribution < -0.4 is 5.32 Å². The number of hydrogen-bond donors (Lipinski definition) is 2. The molecule has 7 nitrogen and oxygen atoms in total. The maximum absolute atomic E-state index is 12.2. The molecule has 0 aromatic carbocycles. The number of hydrogen-bond acceptors (Lipinski definition) is 5. The molecule has 21 heavy (non-hydrogen) atoms. The zero-order chi connectivity index (χ0) is 15.6. The summed E-state index contributed by atoms with van der Waals surface area (Å²) < 4.78 is 1.54. The maximum atomic E-state index is 12.2. The standard InChI is InChI=1S/C14H21N5O2/c1-8(2)5-11(7-20)16-13(21)12-17-14-15-9(3)6-10(4)19(14)18-12/h6,8,11,20H,5,7H2,1-4H3,(H,16,21). The van der Waals surface area contributed by atoms with Crippen molar-refractivity contribution in [2.24, 2.45) is 5.92 Å². The van der Waals surface area contributed by atoms with Gasteiger partial charge < -0.3 is 10.4 Å². The number of aliphatic hydroxyl groups excluding tert-OH is 1. The van der Waals surface area contributed by atoms with E-state index in [4.69, 9.17) is 0 Å². The van der Waals surface area contributed by atoms with Gasteiger partial charge in [0.2, 0.25) is 5.82 Å². The minimum Gasteiger partial charge on any atom is -0.394 e. The largest absolute Gasteiger partial charge is 0.394 e. The Kier molecular flexibility index (Phi) is 4.52. The third kappa shape index (κ3) is 3.55. The summed E-state index contributed by atoms with van der Waals surface area (Å²) in [5.74, 6) is 0.459. The number of aryl methyl sites for hydroxylation is 2. The fourth-order valence-electron chi connectivity index (χ4n) is 2.26. The van der Waals surface area contributed by atoms with Crippen LogP contribution in [0, 0.1) is 19.8 Å². The Morgan fingerprint density at radius 2 is 2.10 bits per heavy atom. The molecule has 1 unspecified atom stereocenters. The molecule has 0 saturated carbocycles. The lowest BCUT2D eigenvalue weighted by Crippen LogP contribution is -2.38. The molecule has 0 fully saturated rings. The van der Waals surface area contributed by atoms with E-state index < -0.39 is 5.91 Å². The summed E-state index contributed by atoms with van der Waals surface area (Å²) in [6, 6.07) is 1.58. The van der Waals surface area contributed by atoms with Crippen molar-refractivity contribution in [1.29, 1.82) is 0 Å². The van der Waals surface area contributed by atoms with E-state index in [1.807, 2.05) is 33.8 Å². The average Bonchev–Trinajstić information content (AvgIpc) is 2.81. The van der Waals surface area contributed by atoms with E-state index >= 15 is 0 Å². The van der Waals surface area contributed by atoms with Gasteiger partial charge in [-0.15, -0.1) is 5.10 Å². The Morgan fingerprint density at radius 1 is 1.38 bits per heavy atom. The Labute approximate surface area is 123 Å². The Morgan fingerprint density at radius 3 is 2.71 bits per heavy atom. The molecule has 0 bridgehead atoms. The summed E-state index contributed by atoms with van der Waals surface area (Å²) in [5, 5.41) is 16.2. The van der Waals surface area contributed by atoms with Crippen LogP contribution in [-0.2, 0) is 0 Å². The lowest BCUT2D eigenvalue weighted by Gasteiger charge is -2.17. The molecule has 0 spiro atoms. The molecule has 1 amide bonds. The first-order valence-electron chi connectivity index (χ1n) is 7.03. The number of nitrogens with zero attached hydrogens (tertiary/aromatic N) is 4. The Balaban J connectivity index is 2.21. The SMILES string of the molecule is Cc1cc(C)n2nc(C(=O)NC(CO)CC(C)C)nc2n1. The molecular weight excluding hydrogens is 270 g/mol. The van der Waals surface area contributed by atoms with Gasteiger partial charge in [-0.3, -0.25) is 4.79 Å². The number of carbonyl (C=O) groups is 1. The van der Waals surface area contributed by atoms with Crippen LogP contribution >= 0.6 is 0 Å². The highest BCUT2D eigenvalue weighted by Gasteiger charge is 2.19. The molecule has 0 saturated heterocycles. The second-order valence-corrected chi connectivity index (χ2v) is 5.67. The first kappa shape index (κ1) is 15.4. The van der Waals surface area contributed by atoms with Crippen molar-refractivity contribution in [3.05, 3.63) is 23.3 Å². The number of aliphatic hydroxyl groups is 1. The summed E-state index contributed by atoms with van der Waals surface area (Å²) >= 11 is 0. The number of carbonyl (C=O) groups excluding carboxylic acids is 1. The highest BCUT2D eigenvalue weighted by atomic mass is 16.3. The number of rotatable bonds is 5. The number of amides is 1. The van der Waals surface area contributed by atoms with E-state index in [-0.39, 0.29) is 18.5 Å². The molecule has 2 N–H and O–H groups in total. The third-order valence-corrected chi connectivity index (χ3v) is 3.13. The van der Waals surface area contributed by atoms with Crippen molar-refractivity contribution in [3.8, 4) is 0 Å². The first-order valence-corrected chi connectivity index (χ1v) is 7.03. The summed E-state index contributed by atoms with van der Waals surface area (Å²) in [4.78, 5) is 20.6. The van der Waals surface area contributed by atoms with Crippen molar-refractivity contribution in [3.63, 3.8) is 0 Å². The van der Waals surface area contributed by atoms with Crippen LogP contribution in [0.2, 0.25) is 0 Å². The Bertz CT molecular complexity index is 650. The van der Waals surface area contributed by atoms with Crippen LogP contribution in [0.15, 0.2) is 6.07 Å². The molecule has 1 atom stereocenters. The van der Waals surface area contributed by atoms with E-state index in [1.165, 1.54) is 4.52 Å². The van der Waals surface area contributed by atoms with Crippen molar-refractivity contribution in [2.75, 3.05) is 6.61 Å². The molecule has 0 aliphatic rings. The van der Waals surface area contributed by atoms with Crippen LogP contribution in [0.3, 0.4) is 0 Å². The quantitative estimate of drug-likeness (QED) is 0.853. The predicted octanol–water partition coefficient (Wildman–Crippen LogP) is 0.878. The van der Waals surface area contributed by atoms with Gasteiger partial charge in [0.25, 0.3) is 11.7 Å². The molecule has 2 aromatic heterocycles. The minimum absolute atomic E-state index is 0.0680. The van der Waals surface area contributed by atoms with Gasteiger partial charge in [-0.05, 0) is 32.3 Å². The first-order chi connectivity index (χ1) is 9.90. The van der Waals surface area contributed by atoms with Gasteiger partial charge in [0.1, 0.15) is 0 Å². The van der Waals surface area contributed by atoms with Crippen LogP contribution in [0.1, 0.15) is 42.3 Å². The third-order valence-electron chi connectivity index (χ3n) is 3.13. The molecule has 2 heterocycles. The molecule has 0 radical (unpaired) electrons. The van der Waals surface area contributed by atoms with Gasteiger partial charge in [-0.25, -0.2) is 9.50 Å². The summed E-state index contributed by atoms with van der Waals surface area (Å²) in [6.07, 6.45) is 0.700. The molecule has 114 valence electrons. The lowest BCUT2D eigenvalue weighted by atomic mass is 10.0. The van der Waals surface area contributed by atoms with Crippen molar-refractivity contribution in [2.45, 2.75) is 40.2 Å². The second-order valence-electron chi connectivity index (χ2n) is 5.67. The van der Waals surface area contributed by atoms with Crippen molar-refractivity contribution >= 4 is 11.7 Å². The predicted molar refractivity (Wildman–Crippen MR) is 78.1 cm³/mol. The average molecular weight is 291 g/mol. The monoisotopic (exact) mass is 291 g/mol. The van der Waals surface area contributed by atoms with Gasteiger partial charge in [0.05, 0.1) is 12.6 Å². The van der Waals surface area contributed by atoms with Gasteiger partial charge in [-0.2, -0.15) is 4.98 Å². The van der Waals surface area contributed by atoms with E-state index in [0.717, 1.165) is 11.4 Å². The number of nitrogens with one attached hydrogen (secondary N) is 1. The van der Waals surface area contributed by atoms with E-state index in [2.05, 4.69) is 20.4 Å². The smallest absolute Gasteiger partial charge is 0.291 e. The van der Waals surface area contributed by atoms with Crippen LogP contribution in [0.5, 0.6) is 0 Å². The maximum Gasteiger partial charge on any atom is 0.291 e. The number of fused-ring (bicyclic) bond motifs is 1. The van der Waals surface area contributed by atoms with Gasteiger partial charge in [0.15, 0.2) is 0 Å². The summed E-state index contributed by atoms with van der Waals surface area (Å²) in [7, 11) is 0. The van der Waals surface area contributed by atoms with Crippen LogP contribution in [-0.4, -0.2) is 43.2 Å². The van der Waals surface area contributed by atoms with Gasteiger partial charge in [-0.1, -0.05) is 13.8 Å². The van der Waals surface area contributed by atoms with Crippen molar-refractivity contribution < 1.29 is 9.90 Å². The molecule has 0 aliphatic heterocycles. The fourth-order valence-corrected chi connectivity index (χ4v) is 2.26. The summed E-state index contributed by atoms with van der Waals surface area (Å²) in [6.45, 7) is 7.72. The van der Waals surface area contributed by atoms with Crippen LogP contribution in [0.25, 0.3) is 5.78 Å². The molecule has 0 aliphatic carbocycles. The highest BCUT2D eigenvalue weighted by molar-refractivity contribution is 5.91. The lowest BCUT2D eigenvalue weighted by molar-refractivity contribution is 0.0898. The Hall–Kier alpha value is -2.02. The van der Waals surface area contributed by atoms with Crippen LogP contribution in [0.4, 0.5) is 0 Å². The zero-order valence-corrected chi connectivity index (χ0v) is 12.8. The highest BCUT2D eigenvalue weighted by Crippen LogP contribution is 2.07. The molecule has 2 aromatic rings. The van der Waals surface area contributed by atoms with Gasteiger partial charge >= 0.3 is 0 Å². The molecule has 2 rings (SSSR count). The van der Waals surface area contributed by atoms with E-state index in [9.17, 15) is 9.90 Å². The van der Waals surface area contributed by atoms with E-state index in [0.29, 0.717) is 18.1 Å². The number of aromatic nitrogens is 4. The van der Waals surface area contributed by atoms with Crippen molar-refractivity contribution in [1.82, 2.24) is 24.9 Å². The normalized spacial score (nSPS) is 12.9. The van der Waals surface area contributed by atoms with Gasteiger partial charge in [0, 0.05) is 11.4 Å². The molecule has 7 heteroatoms. The fraction of sp³-hybridized carbons (Fsp3) is 0.571. The second kappa shape index (κ2) is 6.17. The van der Waals surface area contributed by atoms with E-state index in [1.54, 1.807) is 0 Å². The summed E-state index contributed by atoms with van der Waals surface area (Å²) in [5.41, 5.74) is 1.69. The molecular formula is C14H21N5O2. The topological polar surface area (TPSA) is 92.4 Å².